The molecule has 25 heavy (non-hydrogen) atoms. The van der Waals surface area contributed by atoms with Gasteiger partial charge in [0.2, 0.25) is 0 Å². The van der Waals surface area contributed by atoms with Gasteiger partial charge in [-0.05, 0) is 29.3 Å². The lowest BCUT2D eigenvalue weighted by Gasteiger charge is -2.02. The van der Waals surface area contributed by atoms with Gasteiger partial charge >= 0.3 is 0 Å². The molecule has 0 saturated heterocycles. The first kappa shape index (κ1) is 14.4. The number of rotatable bonds is 2. The Morgan fingerprint density at radius 3 is 2.36 bits per heavy atom. The number of hydrogen-bond donors (Lipinski definition) is 0. The molecule has 0 N–H and O–H groups in total. The molecular weight excluding hydrogens is 322 g/mol. The van der Waals surface area contributed by atoms with E-state index in [1.807, 2.05) is 29.7 Å². The van der Waals surface area contributed by atoms with Gasteiger partial charge in [0.25, 0.3) is 0 Å². The van der Waals surface area contributed by atoms with Crippen molar-refractivity contribution in [3.8, 4) is 22.4 Å². The third kappa shape index (κ3) is 2.43. The van der Waals surface area contributed by atoms with Gasteiger partial charge in [0.15, 0.2) is 0 Å². The van der Waals surface area contributed by atoms with E-state index in [9.17, 15) is 0 Å². The van der Waals surface area contributed by atoms with E-state index in [-0.39, 0.29) is 0 Å². The summed E-state index contributed by atoms with van der Waals surface area (Å²) in [5, 5.41) is 2.63. The summed E-state index contributed by atoms with van der Waals surface area (Å²) in [5.74, 6) is 0. The summed E-state index contributed by atoms with van der Waals surface area (Å²) in [5.41, 5.74) is 4.76. The number of nitrogens with zero attached hydrogens (tertiary/aromatic N) is 1. The van der Waals surface area contributed by atoms with Gasteiger partial charge in [-0.2, -0.15) is 0 Å². The van der Waals surface area contributed by atoms with Crippen LogP contribution in [0.4, 0.5) is 0 Å². The summed E-state index contributed by atoms with van der Waals surface area (Å²) in [6, 6.07) is 29.9. The zero-order valence-corrected chi connectivity index (χ0v) is 14.3. The maximum Gasteiger partial charge on any atom is 0.0716 e. The molecule has 0 bridgehead atoms. The van der Waals surface area contributed by atoms with E-state index in [2.05, 4.69) is 77.8 Å². The van der Waals surface area contributed by atoms with E-state index < -0.39 is 0 Å². The van der Waals surface area contributed by atoms with Crippen LogP contribution in [0, 0.1) is 0 Å². The number of fused-ring (bicyclic) bond motifs is 3. The largest absolute Gasteiger partial charge is 0.256 e. The highest BCUT2D eigenvalue weighted by atomic mass is 32.1. The average Bonchev–Trinajstić information content (AvgIpc) is 3.07. The zero-order chi connectivity index (χ0) is 16.6. The minimum atomic E-state index is 1.03. The summed E-state index contributed by atoms with van der Waals surface area (Å²) in [4.78, 5) is 4.54. The second-order valence-corrected chi connectivity index (χ2v) is 7.13. The summed E-state index contributed by atoms with van der Waals surface area (Å²) < 4.78 is 2.63. The fourth-order valence-electron chi connectivity index (χ4n) is 3.33. The van der Waals surface area contributed by atoms with Gasteiger partial charge < -0.3 is 0 Å². The Labute approximate surface area is 150 Å². The predicted molar refractivity (Wildman–Crippen MR) is 108 cm³/mol. The fourth-order valence-corrected chi connectivity index (χ4v) is 4.60. The first-order valence-corrected chi connectivity index (χ1v) is 9.14. The molecule has 5 rings (SSSR count). The van der Waals surface area contributed by atoms with Crippen molar-refractivity contribution in [3.05, 3.63) is 91.1 Å². The van der Waals surface area contributed by atoms with Crippen molar-refractivity contribution in [2.75, 3.05) is 0 Å². The van der Waals surface area contributed by atoms with Crippen LogP contribution in [0.15, 0.2) is 91.1 Å². The lowest BCUT2D eigenvalue weighted by Crippen LogP contribution is -1.81. The maximum atomic E-state index is 4.54. The summed E-state index contributed by atoms with van der Waals surface area (Å²) in [7, 11) is 0. The second kappa shape index (κ2) is 5.83. The lowest BCUT2D eigenvalue weighted by atomic mass is 10.0. The first-order valence-electron chi connectivity index (χ1n) is 8.32. The molecule has 2 heteroatoms. The van der Waals surface area contributed by atoms with Gasteiger partial charge in [0.1, 0.15) is 0 Å². The van der Waals surface area contributed by atoms with Crippen molar-refractivity contribution in [2.45, 2.75) is 0 Å². The molecular formula is C23H15NS. The van der Waals surface area contributed by atoms with Crippen LogP contribution in [-0.2, 0) is 0 Å². The molecule has 0 fully saturated rings. The van der Waals surface area contributed by atoms with Crippen molar-refractivity contribution in [1.29, 1.82) is 0 Å². The van der Waals surface area contributed by atoms with E-state index in [0.29, 0.717) is 0 Å². The molecule has 0 aliphatic carbocycles. The van der Waals surface area contributed by atoms with Crippen molar-refractivity contribution in [2.24, 2.45) is 0 Å². The monoisotopic (exact) mass is 337 g/mol. The van der Waals surface area contributed by atoms with Crippen molar-refractivity contribution in [3.63, 3.8) is 0 Å². The van der Waals surface area contributed by atoms with Crippen molar-refractivity contribution >= 4 is 31.5 Å². The third-order valence-electron chi connectivity index (χ3n) is 4.55. The topological polar surface area (TPSA) is 12.9 Å². The molecule has 5 aromatic rings. The van der Waals surface area contributed by atoms with Gasteiger partial charge in [0.05, 0.1) is 5.69 Å². The van der Waals surface area contributed by atoms with Crippen LogP contribution in [0.3, 0.4) is 0 Å². The van der Waals surface area contributed by atoms with Crippen LogP contribution in [-0.4, -0.2) is 4.98 Å². The molecule has 3 aromatic carbocycles. The van der Waals surface area contributed by atoms with Gasteiger partial charge in [-0.25, -0.2) is 0 Å². The lowest BCUT2D eigenvalue weighted by molar-refractivity contribution is 1.33. The van der Waals surface area contributed by atoms with Crippen LogP contribution in [0.1, 0.15) is 0 Å². The maximum absolute atomic E-state index is 4.54. The molecule has 2 heterocycles. The molecule has 1 nitrogen and oxygen atoms in total. The Kier molecular flexibility index (Phi) is 3.36. The third-order valence-corrected chi connectivity index (χ3v) is 5.75. The zero-order valence-electron chi connectivity index (χ0n) is 13.5. The summed E-state index contributed by atoms with van der Waals surface area (Å²) in [6.07, 6.45) is 1.86. The van der Waals surface area contributed by atoms with Gasteiger partial charge in [0, 0.05) is 31.9 Å². The second-order valence-electron chi connectivity index (χ2n) is 6.08. The number of aromatic nitrogens is 1. The highest BCUT2D eigenvalue weighted by Gasteiger charge is 2.11. The quantitative estimate of drug-likeness (QED) is 0.346. The molecule has 2 aromatic heterocycles. The summed E-state index contributed by atoms with van der Waals surface area (Å²) >= 11 is 1.85. The van der Waals surface area contributed by atoms with Crippen LogP contribution in [0.2, 0.25) is 0 Å². The number of pyridine rings is 1. The normalized spacial score (nSPS) is 11.2. The number of benzene rings is 3. The molecule has 0 atom stereocenters. The first-order chi connectivity index (χ1) is 12.4. The molecule has 0 aliphatic heterocycles. The number of thiophene rings is 1. The fraction of sp³-hybridized carbons (Fsp3) is 0. The van der Waals surface area contributed by atoms with Crippen molar-refractivity contribution in [1.82, 2.24) is 4.98 Å². The van der Waals surface area contributed by atoms with Crippen LogP contribution >= 0.6 is 11.3 Å². The Balaban J connectivity index is 1.76. The molecule has 0 unspecified atom stereocenters. The molecule has 0 aliphatic rings. The Morgan fingerprint density at radius 1 is 0.640 bits per heavy atom. The highest BCUT2D eigenvalue weighted by Crippen LogP contribution is 2.40. The predicted octanol–water partition coefficient (Wildman–Crippen LogP) is 6.78. The van der Waals surface area contributed by atoms with E-state index >= 15 is 0 Å². The van der Waals surface area contributed by atoms with Crippen LogP contribution in [0.25, 0.3) is 42.6 Å². The van der Waals surface area contributed by atoms with Crippen LogP contribution in [0.5, 0.6) is 0 Å². The summed E-state index contributed by atoms with van der Waals surface area (Å²) in [6.45, 7) is 0. The number of hydrogen-bond acceptors (Lipinski definition) is 2. The molecule has 0 spiro atoms. The minimum absolute atomic E-state index is 1.03. The Hall–Kier alpha value is -2.97. The van der Waals surface area contributed by atoms with Gasteiger partial charge in [-0.15, -0.1) is 11.3 Å². The van der Waals surface area contributed by atoms with Gasteiger partial charge in [-0.3, -0.25) is 4.98 Å². The van der Waals surface area contributed by atoms with Crippen molar-refractivity contribution < 1.29 is 0 Å². The van der Waals surface area contributed by atoms with E-state index in [1.54, 1.807) is 0 Å². The Morgan fingerprint density at radius 2 is 1.52 bits per heavy atom. The van der Waals surface area contributed by atoms with Gasteiger partial charge in [-0.1, -0.05) is 66.7 Å². The van der Waals surface area contributed by atoms with E-state index in [4.69, 9.17) is 0 Å². The molecule has 118 valence electrons. The SMILES string of the molecule is c1ccc(-c2ccc3c(c2)sc2c(-c4ccccn4)cccc23)cc1. The molecule has 0 amide bonds. The Bertz CT molecular complexity index is 1170. The molecule has 0 radical (unpaired) electrons. The highest BCUT2D eigenvalue weighted by molar-refractivity contribution is 7.26. The van der Waals surface area contributed by atoms with Crippen LogP contribution < -0.4 is 0 Å². The average molecular weight is 337 g/mol. The smallest absolute Gasteiger partial charge is 0.0716 e. The van der Waals surface area contributed by atoms with E-state index in [0.717, 1.165) is 5.69 Å². The minimum Gasteiger partial charge on any atom is -0.256 e. The molecule has 0 saturated carbocycles. The van der Waals surface area contributed by atoms with E-state index in [1.165, 1.54) is 36.9 Å². The standard InChI is InChI=1S/C23H15NS/c1-2-7-16(8-3-1)17-12-13-18-19-9-6-10-20(21-11-4-5-14-24-21)23(19)25-22(18)15-17/h1-15H.